The predicted octanol–water partition coefficient (Wildman–Crippen LogP) is 4.00. The van der Waals surface area contributed by atoms with Gasteiger partial charge in [-0.15, -0.1) is 0 Å². The first-order valence-electron chi connectivity index (χ1n) is 8.55. The minimum Gasteiger partial charge on any atom is -0.433 e. The highest BCUT2D eigenvalue weighted by Gasteiger charge is 2.50. The van der Waals surface area contributed by atoms with Gasteiger partial charge >= 0.3 is 12.6 Å². The Morgan fingerprint density at radius 1 is 1.23 bits per heavy atom. The third-order valence-electron chi connectivity index (χ3n) is 4.42. The number of nitrogens with zero attached hydrogens (tertiary/aromatic N) is 1. The zero-order valence-corrected chi connectivity index (χ0v) is 16.9. The van der Waals surface area contributed by atoms with Gasteiger partial charge in [0.1, 0.15) is 17.8 Å². The number of alkyl halides is 2. The summed E-state index contributed by atoms with van der Waals surface area (Å²) in [5.41, 5.74) is -1.22. The number of halogens is 4. The van der Waals surface area contributed by atoms with E-state index in [1.807, 2.05) is 0 Å². The van der Waals surface area contributed by atoms with E-state index in [0.717, 1.165) is 0 Å². The number of benzene rings is 2. The molecule has 0 aliphatic carbocycles. The average Bonchev–Trinajstić information content (AvgIpc) is 2.86. The Hall–Kier alpha value is -2.91. The second kappa shape index (κ2) is 8.45. The van der Waals surface area contributed by atoms with Crippen molar-refractivity contribution in [1.82, 2.24) is 10.2 Å². The molecule has 1 aliphatic rings. The van der Waals surface area contributed by atoms with Gasteiger partial charge in [-0.25, -0.2) is 4.79 Å². The summed E-state index contributed by atoms with van der Waals surface area (Å²) in [7, 11) is 0. The summed E-state index contributed by atoms with van der Waals surface area (Å²) >= 11 is 12.0. The van der Waals surface area contributed by atoms with Crippen LogP contribution in [0.1, 0.15) is 12.5 Å². The molecule has 2 N–H and O–H groups in total. The number of anilines is 1. The van der Waals surface area contributed by atoms with Gasteiger partial charge in [-0.1, -0.05) is 41.4 Å². The molecule has 30 heavy (non-hydrogen) atoms. The average molecular weight is 458 g/mol. The van der Waals surface area contributed by atoms with Crippen LogP contribution in [0.5, 0.6) is 5.75 Å². The summed E-state index contributed by atoms with van der Waals surface area (Å²) in [6, 6.07) is 9.19. The van der Waals surface area contributed by atoms with Crippen molar-refractivity contribution in [2.24, 2.45) is 0 Å². The van der Waals surface area contributed by atoms with Crippen molar-refractivity contribution in [3.63, 3.8) is 0 Å². The number of carbonyl (C=O) groups is 3. The topological polar surface area (TPSA) is 87.7 Å². The zero-order valence-electron chi connectivity index (χ0n) is 15.4. The van der Waals surface area contributed by atoms with Crippen molar-refractivity contribution in [1.29, 1.82) is 0 Å². The largest absolute Gasteiger partial charge is 0.433 e. The van der Waals surface area contributed by atoms with E-state index in [2.05, 4.69) is 15.4 Å². The number of amides is 4. The van der Waals surface area contributed by atoms with Gasteiger partial charge in [-0.2, -0.15) is 8.78 Å². The second-order valence-electron chi connectivity index (χ2n) is 6.49. The second-order valence-corrected chi connectivity index (χ2v) is 7.34. The minimum absolute atomic E-state index is 0.0293. The van der Waals surface area contributed by atoms with Crippen molar-refractivity contribution in [3.8, 4) is 5.75 Å². The molecule has 158 valence electrons. The van der Waals surface area contributed by atoms with E-state index < -0.39 is 36.5 Å². The molecule has 3 rings (SSSR count). The summed E-state index contributed by atoms with van der Waals surface area (Å²) in [6.07, 6.45) is 0. The van der Waals surface area contributed by atoms with E-state index in [-0.39, 0.29) is 16.5 Å². The molecule has 0 aromatic heterocycles. The van der Waals surface area contributed by atoms with Gasteiger partial charge in [0.2, 0.25) is 5.91 Å². The molecule has 1 unspecified atom stereocenters. The fourth-order valence-electron chi connectivity index (χ4n) is 3.02. The van der Waals surface area contributed by atoms with Gasteiger partial charge in [0.05, 0.1) is 5.69 Å². The Morgan fingerprint density at radius 3 is 2.60 bits per heavy atom. The van der Waals surface area contributed by atoms with E-state index in [1.54, 1.807) is 0 Å². The molecule has 0 spiro atoms. The van der Waals surface area contributed by atoms with Crippen LogP contribution in [0.15, 0.2) is 42.5 Å². The van der Waals surface area contributed by atoms with Crippen molar-refractivity contribution < 1.29 is 27.9 Å². The van der Waals surface area contributed by atoms with Crippen molar-refractivity contribution >= 4 is 46.7 Å². The van der Waals surface area contributed by atoms with Crippen molar-refractivity contribution in [2.75, 3.05) is 11.9 Å². The zero-order chi connectivity index (χ0) is 22.1. The van der Waals surface area contributed by atoms with Crippen molar-refractivity contribution in [2.45, 2.75) is 19.1 Å². The number of ether oxygens (including phenoxy) is 1. The summed E-state index contributed by atoms with van der Waals surface area (Å²) < 4.78 is 29.4. The maximum absolute atomic E-state index is 12.9. The van der Waals surface area contributed by atoms with E-state index in [9.17, 15) is 23.2 Å². The standard InChI is InChI=1S/C19H15Cl2F2N3O4/c1-19(11-7-6-10(20)8-12(11)21)16(28)26(18(29)25-19)9-15(27)24-13-4-2-3-5-14(13)30-17(22)23/h2-8,17H,9H2,1H3,(H,24,27)(H,25,29). The number of rotatable bonds is 6. The maximum Gasteiger partial charge on any atom is 0.387 e. The first kappa shape index (κ1) is 21.8. The number of carbonyl (C=O) groups excluding carboxylic acids is 3. The molecule has 0 radical (unpaired) electrons. The summed E-state index contributed by atoms with van der Waals surface area (Å²) in [5.74, 6) is -1.74. The summed E-state index contributed by atoms with van der Waals surface area (Å²) in [6.45, 7) is -2.28. The van der Waals surface area contributed by atoms with Crippen LogP contribution >= 0.6 is 23.2 Å². The highest BCUT2D eigenvalue weighted by atomic mass is 35.5. The Morgan fingerprint density at radius 2 is 1.93 bits per heavy atom. The number of para-hydroxylation sites is 2. The molecule has 1 saturated heterocycles. The highest BCUT2D eigenvalue weighted by Crippen LogP contribution is 2.35. The Labute approximate surface area is 179 Å². The third kappa shape index (κ3) is 4.31. The van der Waals surface area contributed by atoms with Gasteiger partial charge in [-0.3, -0.25) is 14.5 Å². The Kier molecular flexibility index (Phi) is 6.14. The lowest BCUT2D eigenvalue weighted by Gasteiger charge is -2.23. The van der Waals surface area contributed by atoms with Crippen LogP contribution in [-0.4, -0.2) is 35.9 Å². The molecule has 11 heteroatoms. The lowest BCUT2D eigenvalue weighted by atomic mass is 9.92. The maximum atomic E-state index is 12.9. The molecule has 7 nitrogen and oxygen atoms in total. The molecule has 1 fully saturated rings. The molecule has 4 amide bonds. The number of urea groups is 1. The quantitative estimate of drug-likeness (QED) is 0.641. The fraction of sp³-hybridized carbons (Fsp3) is 0.211. The van der Waals surface area contributed by atoms with Gasteiger partial charge in [0.15, 0.2) is 0 Å². The van der Waals surface area contributed by atoms with Crippen LogP contribution in [0.4, 0.5) is 19.3 Å². The molecule has 0 bridgehead atoms. The molecule has 1 atom stereocenters. The van der Waals surface area contributed by atoms with Gasteiger partial charge in [0, 0.05) is 15.6 Å². The van der Waals surface area contributed by atoms with E-state index in [1.165, 1.54) is 49.4 Å². The lowest BCUT2D eigenvalue weighted by Crippen LogP contribution is -2.42. The molecule has 2 aromatic rings. The lowest BCUT2D eigenvalue weighted by molar-refractivity contribution is -0.133. The number of hydrogen-bond donors (Lipinski definition) is 2. The van der Waals surface area contributed by atoms with Gasteiger partial charge in [0.25, 0.3) is 5.91 Å². The molecule has 0 saturated carbocycles. The van der Waals surface area contributed by atoms with Crippen LogP contribution in [0.25, 0.3) is 0 Å². The smallest absolute Gasteiger partial charge is 0.387 e. The SMILES string of the molecule is CC1(c2ccc(Cl)cc2Cl)NC(=O)N(CC(=O)Nc2ccccc2OC(F)F)C1=O. The molecular formula is C19H15Cl2F2N3O4. The highest BCUT2D eigenvalue weighted by molar-refractivity contribution is 6.35. The monoisotopic (exact) mass is 457 g/mol. The van der Waals surface area contributed by atoms with Crippen LogP contribution in [0.3, 0.4) is 0 Å². The molecule has 2 aromatic carbocycles. The summed E-state index contributed by atoms with van der Waals surface area (Å²) in [5, 5.41) is 5.40. The number of hydrogen-bond acceptors (Lipinski definition) is 4. The normalized spacial score (nSPS) is 18.5. The van der Waals surface area contributed by atoms with Crippen LogP contribution in [0.2, 0.25) is 10.0 Å². The predicted molar refractivity (Wildman–Crippen MR) is 106 cm³/mol. The first-order valence-corrected chi connectivity index (χ1v) is 9.30. The summed E-state index contributed by atoms with van der Waals surface area (Å²) in [4.78, 5) is 38.4. The van der Waals surface area contributed by atoms with Gasteiger partial charge in [-0.05, 0) is 31.2 Å². The molecular weight excluding hydrogens is 443 g/mol. The first-order chi connectivity index (χ1) is 14.1. The molecule has 1 aliphatic heterocycles. The van der Waals surface area contributed by atoms with E-state index in [4.69, 9.17) is 23.2 Å². The van der Waals surface area contributed by atoms with Crippen molar-refractivity contribution in [3.05, 3.63) is 58.1 Å². The fourth-order valence-corrected chi connectivity index (χ4v) is 3.62. The Balaban J connectivity index is 1.77. The van der Waals surface area contributed by atoms with Crippen LogP contribution in [-0.2, 0) is 15.1 Å². The third-order valence-corrected chi connectivity index (χ3v) is 4.97. The van der Waals surface area contributed by atoms with Gasteiger partial charge < -0.3 is 15.4 Å². The minimum atomic E-state index is -3.08. The number of imide groups is 1. The van der Waals surface area contributed by atoms with Crippen LogP contribution < -0.4 is 15.4 Å². The number of nitrogens with one attached hydrogen (secondary N) is 2. The Bertz CT molecular complexity index is 1020. The molecule has 1 heterocycles. The van der Waals surface area contributed by atoms with E-state index in [0.29, 0.717) is 15.5 Å². The van der Waals surface area contributed by atoms with Crippen LogP contribution in [0, 0.1) is 0 Å². The van der Waals surface area contributed by atoms with E-state index >= 15 is 0 Å².